The first kappa shape index (κ1) is 12.9. The van der Waals surface area contributed by atoms with Gasteiger partial charge >= 0.3 is 0 Å². The number of ketones is 1. The lowest BCUT2D eigenvalue weighted by atomic mass is 9.96. The lowest BCUT2D eigenvalue weighted by molar-refractivity contribution is -0.133. The van der Waals surface area contributed by atoms with Crippen LogP contribution in [0.3, 0.4) is 0 Å². The highest BCUT2D eigenvalue weighted by Crippen LogP contribution is 2.25. The average molecular weight is 250 g/mol. The van der Waals surface area contributed by atoms with E-state index in [0.29, 0.717) is 19.4 Å². The zero-order valence-electron chi connectivity index (χ0n) is 10.3. The van der Waals surface area contributed by atoms with Crippen molar-refractivity contribution in [3.63, 3.8) is 0 Å². The molecule has 2 N–H and O–H groups in total. The first-order valence-corrected chi connectivity index (χ1v) is 6.32. The van der Waals surface area contributed by atoms with E-state index in [1.165, 1.54) is 12.1 Å². The van der Waals surface area contributed by atoms with Crippen LogP contribution in [0.25, 0.3) is 0 Å². The Kier molecular flexibility index (Phi) is 4.20. The summed E-state index contributed by atoms with van der Waals surface area (Å²) in [4.78, 5) is 11.5. The molecule has 0 unspecified atom stereocenters. The van der Waals surface area contributed by atoms with Crippen LogP contribution < -0.4 is 0 Å². The first-order valence-electron chi connectivity index (χ1n) is 6.32. The van der Waals surface area contributed by atoms with Crippen molar-refractivity contribution in [2.75, 3.05) is 6.61 Å². The van der Waals surface area contributed by atoms with Gasteiger partial charge in [0, 0.05) is 6.42 Å². The van der Waals surface area contributed by atoms with E-state index in [0.717, 1.165) is 24.8 Å². The fraction of sp³-hybridized carbons (Fsp3) is 0.500. The minimum Gasteiger partial charge on any atom is -0.504 e. The molecule has 98 valence electrons. The van der Waals surface area contributed by atoms with Crippen LogP contribution in [0, 0.1) is 0 Å². The van der Waals surface area contributed by atoms with Gasteiger partial charge in [0.05, 0.1) is 6.61 Å². The van der Waals surface area contributed by atoms with Gasteiger partial charge in [-0.1, -0.05) is 6.07 Å². The number of hydrogen-bond acceptors (Lipinski definition) is 4. The van der Waals surface area contributed by atoms with Crippen LogP contribution in [-0.4, -0.2) is 28.7 Å². The molecule has 0 bridgehead atoms. The second-order valence-corrected chi connectivity index (χ2v) is 4.64. The second-order valence-electron chi connectivity index (χ2n) is 4.64. The zero-order valence-corrected chi connectivity index (χ0v) is 10.3. The maximum atomic E-state index is 11.5. The van der Waals surface area contributed by atoms with E-state index in [2.05, 4.69) is 0 Å². The molecule has 1 fully saturated rings. The average Bonchev–Trinajstić information content (AvgIpc) is 2.36. The molecule has 2 rings (SSSR count). The number of carbonyl (C=O) groups excluding carboxylic acids is 1. The van der Waals surface area contributed by atoms with Crippen molar-refractivity contribution in [1.29, 1.82) is 0 Å². The Bertz CT molecular complexity index is 428. The molecule has 1 aliphatic carbocycles. The normalized spacial score (nSPS) is 20.0. The fourth-order valence-corrected chi connectivity index (χ4v) is 2.17. The molecule has 1 atom stereocenters. The van der Waals surface area contributed by atoms with Crippen molar-refractivity contribution in [2.24, 2.45) is 0 Å². The van der Waals surface area contributed by atoms with Gasteiger partial charge in [0.1, 0.15) is 6.10 Å². The predicted molar refractivity (Wildman–Crippen MR) is 66.7 cm³/mol. The SMILES string of the molecule is O=C1CCCC[C@H]1OCCc1ccc(O)c(O)c1. The molecular formula is C14H18O4. The van der Waals surface area contributed by atoms with E-state index in [1.807, 2.05) is 0 Å². The number of carbonyl (C=O) groups is 1. The van der Waals surface area contributed by atoms with Crippen molar-refractivity contribution in [2.45, 2.75) is 38.2 Å². The van der Waals surface area contributed by atoms with Gasteiger partial charge in [-0.3, -0.25) is 4.79 Å². The Balaban J connectivity index is 1.80. The number of rotatable bonds is 4. The van der Waals surface area contributed by atoms with Crippen LogP contribution in [-0.2, 0) is 16.0 Å². The molecule has 0 aromatic heterocycles. The van der Waals surface area contributed by atoms with Crippen LogP contribution in [0.4, 0.5) is 0 Å². The largest absolute Gasteiger partial charge is 0.504 e. The molecule has 1 saturated carbocycles. The van der Waals surface area contributed by atoms with E-state index in [4.69, 9.17) is 4.74 Å². The van der Waals surface area contributed by atoms with Crippen LogP contribution in [0.5, 0.6) is 11.5 Å². The lowest BCUT2D eigenvalue weighted by Crippen LogP contribution is -2.28. The molecule has 0 radical (unpaired) electrons. The van der Waals surface area contributed by atoms with Gasteiger partial charge in [0.15, 0.2) is 17.3 Å². The summed E-state index contributed by atoms with van der Waals surface area (Å²) in [5, 5.41) is 18.5. The van der Waals surface area contributed by atoms with Crippen LogP contribution in [0.15, 0.2) is 18.2 Å². The highest BCUT2D eigenvalue weighted by atomic mass is 16.5. The summed E-state index contributed by atoms with van der Waals surface area (Å²) in [5.41, 5.74) is 0.883. The molecule has 0 amide bonds. The van der Waals surface area contributed by atoms with E-state index >= 15 is 0 Å². The first-order chi connectivity index (χ1) is 8.66. The lowest BCUT2D eigenvalue weighted by Gasteiger charge is -2.20. The van der Waals surface area contributed by atoms with Crippen LogP contribution in [0.1, 0.15) is 31.2 Å². The van der Waals surface area contributed by atoms with Crippen molar-refractivity contribution in [3.8, 4) is 11.5 Å². The van der Waals surface area contributed by atoms with Gasteiger partial charge in [0.2, 0.25) is 0 Å². The van der Waals surface area contributed by atoms with Gasteiger partial charge in [-0.25, -0.2) is 0 Å². The van der Waals surface area contributed by atoms with E-state index in [1.54, 1.807) is 6.07 Å². The van der Waals surface area contributed by atoms with Crippen molar-refractivity contribution in [3.05, 3.63) is 23.8 Å². The molecule has 1 aromatic rings. The monoisotopic (exact) mass is 250 g/mol. The van der Waals surface area contributed by atoms with Crippen LogP contribution in [0.2, 0.25) is 0 Å². The molecule has 4 heteroatoms. The molecule has 0 heterocycles. The van der Waals surface area contributed by atoms with Crippen molar-refractivity contribution in [1.82, 2.24) is 0 Å². The molecule has 1 aromatic carbocycles. The number of phenols is 2. The minimum absolute atomic E-state index is 0.123. The van der Waals surface area contributed by atoms with Gasteiger partial charge in [-0.05, 0) is 43.4 Å². The third-order valence-corrected chi connectivity index (χ3v) is 3.25. The standard InChI is InChI=1S/C14H18O4/c15-11-6-5-10(9-13(11)17)7-8-18-14-4-2-1-3-12(14)16/h5-6,9,14-15,17H,1-4,7-8H2/t14-/m1/s1. The topological polar surface area (TPSA) is 66.8 Å². The van der Waals surface area contributed by atoms with Crippen molar-refractivity contribution >= 4 is 5.78 Å². The summed E-state index contributed by atoms with van der Waals surface area (Å²) in [6.07, 6.45) is 3.85. The molecule has 0 aliphatic heterocycles. The molecular weight excluding hydrogens is 232 g/mol. The number of benzene rings is 1. The summed E-state index contributed by atoms with van der Waals surface area (Å²) in [7, 11) is 0. The van der Waals surface area contributed by atoms with Crippen LogP contribution >= 0.6 is 0 Å². The highest BCUT2D eigenvalue weighted by molar-refractivity contribution is 5.83. The Hall–Kier alpha value is -1.55. The number of Topliss-reactive ketones (excluding diaryl/α,β-unsaturated/α-hetero) is 1. The molecule has 0 spiro atoms. The van der Waals surface area contributed by atoms with E-state index in [-0.39, 0.29) is 23.4 Å². The van der Waals surface area contributed by atoms with Gasteiger partial charge < -0.3 is 14.9 Å². The maximum Gasteiger partial charge on any atom is 0.161 e. The summed E-state index contributed by atoms with van der Waals surface area (Å²) < 4.78 is 5.58. The molecule has 4 nitrogen and oxygen atoms in total. The van der Waals surface area contributed by atoms with Gasteiger partial charge in [-0.15, -0.1) is 0 Å². The second kappa shape index (κ2) is 5.87. The predicted octanol–water partition coefficient (Wildman–Crippen LogP) is 2.17. The Labute approximate surface area is 106 Å². The number of ether oxygens (including phenoxy) is 1. The summed E-state index contributed by atoms with van der Waals surface area (Å²) in [6.45, 7) is 0.459. The van der Waals surface area contributed by atoms with E-state index in [9.17, 15) is 15.0 Å². The number of hydrogen-bond donors (Lipinski definition) is 2. The third-order valence-electron chi connectivity index (χ3n) is 3.25. The molecule has 18 heavy (non-hydrogen) atoms. The summed E-state index contributed by atoms with van der Waals surface area (Å²) in [5.74, 6) is -0.0434. The van der Waals surface area contributed by atoms with Gasteiger partial charge in [0.25, 0.3) is 0 Å². The highest BCUT2D eigenvalue weighted by Gasteiger charge is 2.22. The summed E-state index contributed by atoms with van der Waals surface area (Å²) >= 11 is 0. The third kappa shape index (κ3) is 3.23. The minimum atomic E-state index is -0.246. The summed E-state index contributed by atoms with van der Waals surface area (Å²) in [6, 6.07) is 4.71. The molecule has 1 aliphatic rings. The van der Waals surface area contributed by atoms with E-state index < -0.39 is 0 Å². The van der Waals surface area contributed by atoms with Crippen molar-refractivity contribution < 1.29 is 19.7 Å². The number of phenolic OH excluding ortho intramolecular Hbond substituents is 2. The Morgan fingerprint density at radius 1 is 1.22 bits per heavy atom. The Morgan fingerprint density at radius 3 is 2.78 bits per heavy atom. The smallest absolute Gasteiger partial charge is 0.161 e. The van der Waals surface area contributed by atoms with Gasteiger partial charge in [-0.2, -0.15) is 0 Å². The molecule has 0 saturated heterocycles. The quantitative estimate of drug-likeness (QED) is 0.804. The Morgan fingerprint density at radius 2 is 2.06 bits per heavy atom. The zero-order chi connectivity index (χ0) is 13.0. The maximum absolute atomic E-state index is 11.5. The fourth-order valence-electron chi connectivity index (χ4n) is 2.17. The number of aromatic hydroxyl groups is 2.